The van der Waals surface area contributed by atoms with Crippen molar-refractivity contribution in [1.29, 1.82) is 0 Å². The van der Waals surface area contributed by atoms with Gasteiger partial charge >= 0.3 is 11.8 Å². The Hall–Kier alpha value is -3.51. The van der Waals surface area contributed by atoms with Crippen LogP contribution in [0.3, 0.4) is 0 Å². The lowest BCUT2D eigenvalue weighted by Crippen LogP contribution is -2.29. The first-order chi connectivity index (χ1) is 13.6. The first-order valence-corrected chi connectivity index (χ1v) is 9.55. The zero-order valence-corrected chi connectivity index (χ0v) is 15.9. The Bertz CT molecular complexity index is 1130. The molecule has 0 saturated heterocycles. The van der Waals surface area contributed by atoms with E-state index in [1.165, 1.54) is 0 Å². The molecule has 0 spiro atoms. The summed E-state index contributed by atoms with van der Waals surface area (Å²) in [4.78, 5) is 29.0. The van der Waals surface area contributed by atoms with Crippen molar-refractivity contribution < 1.29 is 9.59 Å². The summed E-state index contributed by atoms with van der Waals surface area (Å²) in [7, 11) is 0. The number of hydrogen-bond donors (Lipinski definition) is 2. The number of nitrogens with zero attached hydrogens (tertiary/aromatic N) is 1. The van der Waals surface area contributed by atoms with Gasteiger partial charge in [0.2, 0.25) is 0 Å². The molecule has 3 aromatic carbocycles. The first kappa shape index (κ1) is 17.9. The number of fused-ring (bicyclic) bond motifs is 1. The number of carbonyl (C=O) groups is 2. The molecule has 5 nitrogen and oxygen atoms in total. The van der Waals surface area contributed by atoms with Crippen molar-refractivity contribution >= 4 is 44.7 Å². The molecule has 0 atom stereocenters. The van der Waals surface area contributed by atoms with Crippen LogP contribution in [0.15, 0.2) is 72.8 Å². The number of rotatable bonds is 3. The number of nitrogens with one attached hydrogen (secondary N) is 2. The van der Waals surface area contributed by atoms with Gasteiger partial charge in [-0.25, -0.2) is 4.98 Å². The molecule has 0 bridgehead atoms. The van der Waals surface area contributed by atoms with Crippen molar-refractivity contribution in [2.24, 2.45) is 0 Å². The van der Waals surface area contributed by atoms with Crippen LogP contribution < -0.4 is 10.6 Å². The average molecular weight is 387 g/mol. The van der Waals surface area contributed by atoms with Crippen molar-refractivity contribution in [2.75, 3.05) is 10.6 Å². The second kappa shape index (κ2) is 7.62. The summed E-state index contributed by atoms with van der Waals surface area (Å²) in [6.07, 6.45) is 0. The SMILES string of the molecule is Cc1ccc(NC(=O)C(=O)Nc2cccc(-c3nc4ccccc4s3)c2)cc1. The molecule has 0 radical (unpaired) electrons. The van der Waals surface area contributed by atoms with Crippen LogP contribution in [0, 0.1) is 6.92 Å². The molecule has 0 unspecified atom stereocenters. The lowest BCUT2D eigenvalue weighted by atomic mass is 10.2. The summed E-state index contributed by atoms with van der Waals surface area (Å²) in [6.45, 7) is 1.96. The Morgan fingerprint density at radius 2 is 1.54 bits per heavy atom. The van der Waals surface area contributed by atoms with E-state index >= 15 is 0 Å². The molecule has 0 aliphatic rings. The molecule has 6 heteroatoms. The smallest absolute Gasteiger partial charge is 0.314 e. The number of aromatic nitrogens is 1. The lowest BCUT2D eigenvalue weighted by Gasteiger charge is -2.07. The summed E-state index contributed by atoms with van der Waals surface area (Å²) in [5.74, 6) is -1.43. The minimum Gasteiger partial charge on any atom is -0.318 e. The fourth-order valence-corrected chi connectivity index (χ4v) is 3.70. The van der Waals surface area contributed by atoms with Crippen LogP contribution in [-0.2, 0) is 9.59 Å². The highest BCUT2D eigenvalue weighted by Crippen LogP contribution is 2.31. The Kier molecular flexibility index (Phi) is 4.87. The van der Waals surface area contributed by atoms with Crippen molar-refractivity contribution in [3.05, 3.63) is 78.4 Å². The van der Waals surface area contributed by atoms with Gasteiger partial charge in [0.1, 0.15) is 5.01 Å². The Balaban J connectivity index is 1.48. The molecule has 0 aliphatic heterocycles. The Morgan fingerprint density at radius 1 is 0.821 bits per heavy atom. The van der Waals surface area contributed by atoms with E-state index in [1.807, 2.05) is 61.5 Å². The largest absolute Gasteiger partial charge is 0.318 e. The summed E-state index contributed by atoms with van der Waals surface area (Å²) in [6, 6.07) is 22.5. The molecule has 0 fully saturated rings. The van der Waals surface area contributed by atoms with Gasteiger partial charge in [-0.2, -0.15) is 0 Å². The monoisotopic (exact) mass is 387 g/mol. The van der Waals surface area contributed by atoms with Crippen molar-refractivity contribution in [3.8, 4) is 10.6 Å². The molecule has 2 N–H and O–H groups in total. The Morgan fingerprint density at radius 3 is 2.29 bits per heavy atom. The molecule has 4 aromatic rings. The number of thiazole rings is 1. The molecule has 4 rings (SSSR count). The van der Waals surface area contributed by atoms with Crippen LogP contribution >= 0.6 is 11.3 Å². The molecular formula is C22H17N3O2S. The predicted molar refractivity (Wildman–Crippen MR) is 113 cm³/mol. The van der Waals surface area contributed by atoms with E-state index < -0.39 is 11.8 Å². The molecule has 2 amide bonds. The maximum Gasteiger partial charge on any atom is 0.314 e. The van der Waals surface area contributed by atoms with Crippen LogP contribution in [0.5, 0.6) is 0 Å². The third-order valence-electron chi connectivity index (χ3n) is 4.18. The van der Waals surface area contributed by atoms with E-state index in [-0.39, 0.29) is 0 Å². The van der Waals surface area contributed by atoms with Gasteiger partial charge in [0, 0.05) is 16.9 Å². The number of para-hydroxylation sites is 1. The summed E-state index contributed by atoms with van der Waals surface area (Å²) < 4.78 is 1.10. The molecule has 1 aromatic heterocycles. The van der Waals surface area contributed by atoms with Crippen LogP contribution in [0.1, 0.15) is 5.56 Å². The predicted octanol–water partition coefficient (Wildman–Crippen LogP) is 4.85. The van der Waals surface area contributed by atoms with Gasteiger partial charge in [0.15, 0.2) is 0 Å². The molecule has 28 heavy (non-hydrogen) atoms. The second-order valence-corrected chi connectivity index (χ2v) is 7.37. The van der Waals surface area contributed by atoms with Crippen molar-refractivity contribution in [1.82, 2.24) is 4.98 Å². The minimum absolute atomic E-state index is 0.542. The molecular weight excluding hydrogens is 370 g/mol. The number of aryl methyl sites for hydroxylation is 1. The van der Waals surface area contributed by atoms with Gasteiger partial charge in [0.05, 0.1) is 10.2 Å². The highest BCUT2D eigenvalue weighted by atomic mass is 32.1. The number of carbonyl (C=O) groups excluding carboxylic acids is 2. The van der Waals surface area contributed by atoms with E-state index in [4.69, 9.17) is 0 Å². The average Bonchev–Trinajstić information content (AvgIpc) is 3.14. The maximum absolute atomic E-state index is 12.2. The molecule has 0 saturated carbocycles. The highest BCUT2D eigenvalue weighted by molar-refractivity contribution is 7.21. The van der Waals surface area contributed by atoms with Gasteiger partial charge in [-0.3, -0.25) is 9.59 Å². The van der Waals surface area contributed by atoms with Gasteiger partial charge in [0.25, 0.3) is 0 Å². The number of benzene rings is 3. The van der Waals surface area contributed by atoms with Crippen molar-refractivity contribution in [3.63, 3.8) is 0 Å². The van der Waals surface area contributed by atoms with Gasteiger partial charge < -0.3 is 10.6 Å². The third kappa shape index (κ3) is 3.92. The summed E-state index contributed by atoms with van der Waals surface area (Å²) in [5.41, 5.74) is 4.02. The Labute approximate surface area is 166 Å². The third-order valence-corrected chi connectivity index (χ3v) is 5.26. The van der Waals surface area contributed by atoms with E-state index in [1.54, 1.807) is 29.5 Å². The molecule has 138 valence electrons. The zero-order chi connectivity index (χ0) is 19.5. The van der Waals surface area contributed by atoms with Gasteiger partial charge in [-0.15, -0.1) is 11.3 Å². The second-order valence-electron chi connectivity index (χ2n) is 6.34. The maximum atomic E-state index is 12.2. The number of anilines is 2. The molecule has 0 aliphatic carbocycles. The van der Waals surface area contributed by atoms with Crippen molar-refractivity contribution in [2.45, 2.75) is 6.92 Å². The van der Waals surface area contributed by atoms with Crippen LogP contribution in [-0.4, -0.2) is 16.8 Å². The van der Waals surface area contributed by atoms with E-state index in [9.17, 15) is 9.59 Å². The zero-order valence-electron chi connectivity index (χ0n) is 15.1. The van der Waals surface area contributed by atoms with Crippen LogP contribution in [0.25, 0.3) is 20.8 Å². The number of amides is 2. The highest BCUT2D eigenvalue weighted by Gasteiger charge is 2.15. The number of hydrogen-bond acceptors (Lipinski definition) is 4. The lowest BCUT2D eigenvalue weighted by molar-refractivity contribution is -0.132. The topological polar surface area (TPSA) is 71.1 Å². The van der Waals surface area contributed by atoms with Crippen LogP contribution in [0.4, 0.5) is 11.4 Å². The standard InChI is InChI=1S/C22H17N3O2S/c1-14-9-11-16(12-10-14)23-20(26)21(27)24-17-6-4-5-15(13-17)22-25-18-7-2-3-8-19(18)28-22/h2-13H,1H3,(H,23,26)(H,24,27). The van der Waals surface area contributed by atoms with Crippen LogP contribution in [0.2, 0.25) is 0 Å². The minimum atomic E-state index is -0.720. The fourth-order valence-electron chi connectivity index (χ4n) is 2.74. The normalized spacial score (nSPS) is 10.6. The summed E-state index contributed by atoms with van der Waals surface area (Å²) in [5, 5.41) is 6.10. The van der Waals surface area contributed by atoms with Gasteiger partial charge in [-0.05, 0) is 43.3 Å². The summed E-state index contributed by atoms with van der Waals surface area (Å²) >= 11 is 1.58. The fraction of sp³-hybridized carbons (Fsp3) is 0.0455. The quantitative estimate of drug-likeness (QED) is 0.494. The van der Waals surface area contributed by atoms with E-state index in [0.29, 0.717) is 11.4 Å². The first-order valence-electron chi connectivity index (χ1n) is 8.73. The van der Waals surface area contributed by atoms with E-state index in [2.05, 4.69) is 15.6 Å². The van der Waals surface area contributed by atoms with E-state index in [0.717, 1.165) is 26.4 Å². The van der Waals surface area contributed by atoms with Gasteiger partial charge in [-0.1, -0.05) is 42.0 Å². The molecule has 1 heterocycles.